The van der Waals surface area contributed by atoms with Gasteiger partial charge in [0, 0.05) is 17.5 Å². The number of ketones is 1. The molecular formula is C18H19NO4. The monoisotopic (exact) mass is 313 g/mol. The van der Waals surface area contributed by atoms with Crippen LogP contribution in [0.3, 0.4) is 0 Å². The zero-order chi connectivity index (χ0) is 16.7. The van der Waals surface area contributed by atoms with Gasteiger partial charge in [-0.2, -0.15) is 0 Å². The quantitative estimate of drug-likeness (QED) is 0.851. The minimum Gasteiger partial charge on any atom is -0.496 e. The van der Waals surface area contributed by atoms with Crippen molar-refractivity contribution < 1.29 is 19.1 Å². The van der Waals surface area contributed by atoms with E-state index in [2.05, 4.69) is 5.32 Å². The van der Waals surface area contributed by atoms with Crippen LogP contribution in [0.25, 0.3) is 0 Å². The number of hydrogen-bond acceptors (Lipinski definition) is 4. The summed E-state index contributed by atoms with van der Waals surface area (Å²) in [4.78, 5) is 24.1. The molecule has 1 N–H and O–H groups in total. The molecule has 0 aliphatic heterocycles. The molecule has 23 heavy (non-hydrogen) atoms. The highest BCUT2D eigenvalue weighted by Crippen LogP contribution is 2.28. The first-order valence-corrected chi connectivity index (χ1v) is 7.20. The molecule has 2 aromatic carbocycles. The van der Waals surface area contributed by atoms with E-state index in [-0.39, 0.29) is 24.7 Å². The molecule has 0 spiro atoms. The van der Waals surface area contributed by atoms with Gasteiger partial charge in [-0.15, -0.1) is 0 Å². The maximum Gasteiger partial charge on any atom is 0.251 e. The van der Waals surface area contributed by atoms with Crippen molar-refractivity contribution in [3.05, 3.63) is 59.7 Å². The van der Waals surface area contributed by atoms with E-state index in [4.69, 9.17) is 9.47 Å². The van der Waals surface area contributed by atoms with Crippen LogP contribution >= 0.6 is 0 Å². The normalized spacial score (nSPS) is 10.0. The second-order valence-corrected chi connectivity index (χ2v) is 4.91. The maximum absolute atomic E-state index is 12.2. The summed E-state index contributed by atoms with van der Waals surface area (Å²) in [6.45, 7) is -0.0467. The van der Waals surface area contributed by atoms with Gasteiger partial charge in [-0.1, -0.05) is 24.3 Å². The number of methoxy groups -OCH3 is 2. The largest absolute Gasteiger partial charge is 0.496 e. The lowest BCUT2D eigenvalue weighted by atomic mass is 10.1. The summed E-state index contributed by atoms with van der Waals surface area (Å²) >= 11 is 0. The van der Waals surface area contributed by atoms with E-state index < -0.39 is 0 Å². The van der Waals surface area contributed by atoms with Crippen LogP contribution in [0, 0.1) is 0 Å². The fourth-order valence-electron chi connectivity index (χ4n) is 2.23. The van der Waals surface area contributed by atoms with E-state index in [9.17, 15) is 9.59 Å². The van der Waals surface area contributed by atoms with Gasteiger partial charge in [0.1, 0.15) is 11.5 Å². The molecule has 2 rings (SSSR count). The molecule has 5 nitrogen and oxygen atoms in total. The van der Waals surface area contributed by atoms with Crippen molar-refractivity contribution in [3.8, 4) is 11.5 Å². The number of carbonyl (C=O) groups excluding carboxylic acids is 2. The number of hydrogen-bond donors (Lipinski definition) is 1. The first-order chi connectivity index (χ1) is 11.2. The molecule has 5 heteroatoms. The first kappa shape index (κ1) is 16.5. The smallest absolute Gasteiger partial charge is 0.251 e. The summed E-state index contributed by atoms with van der Waals surface area (Å²) in [6.07, 6.45) is 0.127. The van der Waals surface area contributed by atoms with Gasteiger partial charge >= 0.3 is 0 Å². The maximum atomic E-state index is 12.2. The summed E-state index contributed by atoms with van der Waals surface area (Å²) in [5, 5.41) is 2.62. The lowest BCUT2D eigenvalue weighted by molar-refractivity contribution is -0.117. The van der Waals surface area contributed by atoms with Crippen LogP contribution in [0.15, 0.2) is 48.5 Å². The van der Waals surface area contributed by atoms with Gasteiger partial charge in [0.15, 0.2) is 5.78 Å². The van der Waals surface area contributed by atoms with E-state index in [1.807, 2.05) is 6.07 Å². The summed E-state index contributed by atoms with van der Waals surface area (Å²) in [5.41, 5.74) is 1.20. The van der Waals surface area contributed by atoms with Gasteiger partial charge in [-0.05, 0) is 24.3 Å². The van der Waals surface area contributed by atoms with Crippen LogP contribution < -0.4 is 14.8 Å². The van der Waals surface area contributed by atoms with Gasteiger partial charge in [0.25, 0.3) is 5.91 Å². The molecular weight excluding hydrogens is 294 g/mol. The minimum atomic E-state index is -0.272. The Bertz CT molecular complexity index is 660. The number of nitrogens with one attached hydrogen (secondary N) is 1. The van der Waals surface area contributed by atoms with Crippen molar-refractivity contribution in [1.82, 2.24) is 5.32 Å². The van der Waals surface area contributed by atoms with Crippen LogP contribution in [0.2, 0.25) is 0 Å². The average Bonchev–Trinajstić information content (AvgIpc) is 2.60. The lowest BCUT2D eigenvalue weighted by Gasteiger charge is -2.12. The first-order valence-electron chi connectivity index (χ1n) is 7.20. The second kappa shape index (κ2) is 7.98. The minimum absolute atomic E-state index is 0.0467. The predicted octanol–water partition coefficient (Wildman–Crippen LogP) is 2.25. The molecule has 0 aliphatic carbocycles. The zero-order valence-corrected chi connectivity index (χ0v) is 13.2. The standard InChI is InChI=1S/C18H19NO4/c1-22-16-9-6-10-17(23-2)15(16)11-14(20)12-19-18(21)13-7-4-3-5-8-13/h3-10H,11-12H2,1-2H3,(H,19,21). The highest BCUT2D eigenvalue weighted by molar-refractivity contribution is 5.97. The van der Waals surface area contributed by atoms with Crippen LogP contribution in [-0.4, -0.2) is 32.5 Å². The Labute approximate surface area is 135 Å². The van der Waals surface area contributed by atoms with E-state index in [0.29, 0.717) is 22.6 Å². The van der Waals surface area contributed by atoms with Crippen LogP contribution in [0.4, 0.5) is 0 Å². The Kier molecular flexibility index (Phi) is 5.74. The molecule has 0 aliphatic rings. The number of amides is 1. The van der Waals surface area contributed by atoms with Crippen molar-refractivity contribution in [2.45, 2.75) is 6.42 Å². The van der Waals surface area contributed by atoms with Crippen LogP contribution in [0.5, 0.6) is 11.5 Å². The summed E-state index contributed by atoms with van der Waals surface area (Å²) in [6, 6.07) is 14.1. The molecule has 0 aromatic heterocycles. The molecule has 0 saturated heterocycles. The molecule has 0 unspecified atom stereocenters. The van der Waals surface area contributed by atoms with Crippen molar-refractivity contribution >= 4 is 11.7 Å². The number of rotatable bonds is 7. The number of benzene rings is 2. The molecule has 0 heterocycles. The fourth-order valence-corrected chi connectivity index (χ4v) is 2.23. The Morgan fingerprint density at radius 1 is 0.913 bits per heavy atom. The van der Waals surface area contributed by atoms with Gasteiger partial charge in [0.2, 0.25) is 0 Å². The summed E-state index contributed by atoms with van der Waals surface area (Å²) in [5.74, 6) is 0.780. The van der Waals surface area contributed by atoms with E-state index in [1.165, 1.54) is 0 Å². The molecule has 0 fully saturated rings. The third-order valence-corrected chi connectivity index (χ3v) is 3.39. The Hall–Kier alpha value is -2.82. The number of ether oxygens (including phenoxy) is 2. The SMILES string of the molecule is COc1cccc(OC)c1CC(=O)CNC(=O)c1ccccc1. The molecule has 0 radical (unpaired) electrons. The molecule has 0 atom stereocenters. The van der Waals surface area contributed by atoms with E-state index >= 15 is 0 Å². The van der Waals surface area contributed by atoms with E-state index in [1.54, 1.807) is 56.7 Å². The fraction of sp³-hybridized carbons (Fsp3) is 0.222. The second-order valence-electron chi connectivity index (χ2n) is 4.91. The van der Waals surface area contributed by atoms with Crippen LogP contribution in [-0.2, 0) is 11.2 Å². The molecule has 1 amide bonds. The van der Waals surface area contributed by atoms with Crippen LogP contribution in [0.1, 0.15) is 15.9 Å². The van der Waals surface area contributed by atoms with Crippen molar-refractivity contribution in [1.29, 1.82) is 0 Å². The van der Waals surface area contributed by atoms with Gasteiger partial charge in [-0.3, -0.25) is 9.59 Å². The topological polar surface area (TPSA) is 64.6 Å². The van der Waals surface area contributed by atoms with Gasteiger partial charge in [-0.25, -0.2) is 0 Å². The number of carbonyl (C=O) groups is 2. The zero-order valence-electron chi connectivity index (χ0n) is 13.2. The molecule has 120 valence electrons. The molecule has 2 aromatic rings. The lowest BCUT2D eigenvalue weighted by Crippen LogP contribution is -2.30. The van der Waals surface area contributed by atoms with Gasteiger partial charge < -0.3 is 14.8 Å². The Morgan fingerprint density at radius 3 is 2.09 bits per heavy atom. The Morgan fingerprint density at radius 2 is 1.52 bits per heavy atom. The number of Topliss-reactive ketones (excluding diaryl/α,β-unsaturated/α-hetero) is 1. The molecule has 0 saturated carbocycles. The highest BCUT2D eigenvalue weighted by Gasteiger charge is 2.15. The third kappa shape index (κ3) is 4.32. The average molecular weight is 313 g/mol. The summed E-state index contributed by atoms with van der Waals surface area (Å²) < 4.78 is 10.5. The van der Waals surface area contributed by atoms with E-state index in [0.717, 1.165) is 0 Å². The van der Waals surface area contributed by atoms with Gasteiger partial charge in [0.05, 0.1) is 20.8 Å². The van der Waals surface area contributed by atoms with Crippen molar-refractivity contribution in [3.63, 3.8) is 0 Å². The van der Waals surface area contributed by atoms with Crippen molar-refractivity contribution in [2.24, 2.45) is 0 Å². The molecule has 0 bridgehead atoms. The third-order valence-electron chi connectivity index (χ3n) is 3.39. The Balaban J connectivity index is 1.99. The predicted molar refractivity (Wildman–Crippen MR) is 87.0 cm³/mol. The highest BCUT2D eigenvalue weighted by atomic mass is 16.5. The van der Waals surface area contributed by atoms with Crippen molar-refractivity contribution in [2.75, 3.05) is 20.8 Å². The summed E-state index contributed by atoms with van der Waals surface area (Å²) in [7, 11) is 3.08.